The largest absolute Gasteiger partial charge is 0.461 e. The Morgan fingerprint density at radius 1 is 1.23 bits per heavy atom. The number of fused-ring (bicyclic) bond motifs is 2. The normalized spacial score (nSPS) is 27.2. The molecule has 1 aromatic carbocycles. The lowest BCUT2D eigenvalue weighted by molar-refractivity contribution is 0.0517. The van der Waals surface area contributed by atoms with E-state index in [0.717, 1.165) is 24.0 Å². The molecule has 2 bridgehead atoms. The lowest BCUT2D eigenvalue weighted by atomic mass is 9.67. The Morgan fingerprint density at radius 2 is 1.92 bits per heavy atom. The number of hydrogen-bond donors (Lipinski definition) is 1. The maximum absolute atomic E-state index is 13.3. The van der Waals surface area contributed by atoms with Crippen molar-refractivity contribution in [2.45, 2.75) is 47.1 Å². The van der Waals surface area contributed by atoms with Crippen molar-refractivity contribution in [3.8, 4) is 0 Å². The smallest absolute Gasteiger partial charge is 0.355 e. The average molecular weight is 394 g/mol. The second-order valence-electron chi connectivity index (χ2n) is 6.81. The molecule has 5 rings (SSSR count). The second kappa shape index (κ2) is 6.43. The maximum Gasteiger partial charge on any atom is 0.355 e. The highest BCUT2D eigenvalue weighted by molar-refractivity contribution is 7.92. The number of alkyl halides is 1. The number of rotatable bonds is 4. The predicted molar refractivity (Wildman–Crippen MR) is 98.5 cm³/mol. The van der Waals surface area contributed by atoms with Crippen LogP contribution in [0.2, 0.25) is 0 Å². The number of hydrogen-bond acceptors (Lipinski definition) is 4. The van der Waals surface area contributed by atoms with Gasteiger partial charge in [-0.1, -0.05) is 18.2 Å². The molecule has 3 aliphatic rings. The van der Waals surface area contributed by atoms with E-state index in [9.17, 15) is 13.2 Å². The van der Waals surface area contributed by atoms with Crippen LogP contribution in [0.25, 0.3) is 0 Å². The third-order valence-electron chi connectivity index (χ3n) is 5.52. The van der Waals surface area contributed by atoms with Crippen LogP contribution in [0.1, 0.15) is 53.2 Å². The number of carbonyl (C=O) groups is 1. The lowest BCUT2D eigenvalue weighted by Gasteiger charge is -2.45. The quantitative estimate of drug-likeness (QED) is 0.635. The van der Waals surface area contributed by atoms with Crippen LogP contribution in [0.15, 0.2) is 41.4 Å². The van der Waals surface area contributed by atoms with Gasteiger partial charge >= 0.3 is 5.97 Å². The molecule has 2 aromatic rings. The Bertz CT molecular complexity index is 938. The van der Waals surface area contributed by atoms with Gasteiger partial charge in [0, 0.05) is 18.0 Å². The first-order valence-electron chi connectivity index (χ1n) is 8.78. The molecule has 1 aromatic heterocycles. The van der Waals surface area contributed by atoms with Gasteiger partial charge in [-0.05, 0) is 43.0 Å². The molecule has 0 aliphatic heterocycles. The Morgan fingerprint density at radius 3 is 2.62 bits per heavy atom. The number of ether oxygens (including phenoxy) is 1. The number of halogens is 1. The second-order valence-corrected chi connectivity index (χ2v) is 9.42. The van der Waals surface area contributed by atoms with E-state index in [1.54, 1.807) is 43.5 Å². The Balaban J connectivity index is 1.79. The molecule has 1 fully saturated rings. The van der Waals surface area contributed by atoms with E-state index in [2.05, 4.69) is 4.98 Å². The Kier molecular flexibility index (Phi) is 4.35. The van der Waals surface area contributed by atoms with Gasteiger partial charge in [0.1, 0.15) is 5.69 Å². The number of benzene rings is 1. The number of sulfone groups is 1. The SMILES string of the molecule is CCOC(=O)c1[nH]cc2c1[C@H]1CC[C@@H]2[C@@H](S(=O)(=O)c2ccccc2)[C@@H]1Cl. The molecule has 0 spiro atoms. The van der Waals surface area contributed by atoms with Gasteiger partial charge in [-0.15, -0.1) is 11.6 Å². The van der Waals surface area contributed by atoms with Gasteiger partial charge in [-0.3, -0.25) is 0 Å². The molecule has 0 radical (unpaired) electrons. The van der Waals surface area contributed by atoms with Gasteiger partial charge in [0.2, 0.25) is 0 Å². The predicted octanol–water partition coefficient (Wildman–Crippen LogP) is 3.62. The zero-order valence-electron chi connectivity index (χ0n) is 14.3. The zero-order chi connectivity index (χ0) is 18.5. The molecule has 5 nitrogen and oxygen atoms in total. The monoisotopic (exact) mass is 393 g/mol. The summed E-state index contributed by atoms with van der Waals surface area (Å²) in [6, 6.07) is 8.46. The van der Waals surface area contributed by atoms with E-state index >= 15 is 0 Å². The molecular weight excluding hydrogens is 374 g/mol. The van der Waals surface area contributed by atoms with E-state index in [4.69, 9.17) is 16.3 Å². The van der Waals surface area contributed by atoms with Crippen molar-refractivity contribution >= 4 is 27.4 Å². The third-order valence-corrected chi connectivity index (χ3v) is 8.51. The fourth-order valence-electron chi connectivity index (χ4n) is 4.45. The van der Waals surface area contributed by atoms with Crippen LogP contribution in [0.3, 0.4) is 0 Å². The number of esters is 1. The van der Waals surface area contributed by atoms with Crippen molar-refractivity contribution in [2.75, 3.05) is 6.61 Å². The summed E-state index contributed by atoms with van der Waals surface area (Å²) >= 11 is 6.71. The van der Waals surface area contributed by atoms with E-state index in [0.29, 0.717) is 10.6 Å². The standard InChI is InChI=1S/C19H20ClNO4S/c1-2-25-19(22)17-15-13-9-8-12(14(15)10-21-17)18(16(13)20)26(23,24)11-6-4-3-5-7-11/h3-7,10,12-13,16,18,21H,2,8-9H2,1H3/t12-,13+,16+,18+/m0/s1. The molecule has 4 atom stereocenters. The minimum Gasteiger partial charge on any atom is -0.461 e. The minimum absolute atomic E-state index is 0.175. The molecule has 26 heavy (non-hydrogen) atoms. The first kappa shape index (κ1) is 17.6. The number of nitrogens with one attached hydrogen (secondary N) is 1. The topological polar surface area (TPSA) is 76.2 Å². The highest BCUT2D eigenvalue weighted by atomic mass is 35.5. The van der Waals surface area contributed by atoms with Crippen molar-refractivity contribution in [1.82, 2.24) is 4.98 Å². The van der Waals surface area contributed by atoms with Crippen LogP contribution < -0.4 is 0 Å². The fraction of sp³-hybridized carbons (Fsp3) is 0.421. The summed E-state index contributed by atoms with van der Waals surface area (Å²) in [4.78, 5) is 15.5. The summed E-state index contributed by atoms with van der Waals surface area (Å²) < 4.78 is 31.6. The summed E-state index contributed by atoms with van der Waals surface area (Å²) in [6.07, 6.45) is 3.28. The van der Waals surface area contributed by atoms with Gasteiger partial charge in [0.15, 0.2) is 9.84 Å². The van der Waals surface area contributed by atoms with Crippen molar-refractivity contribution in [1.29, 1.82) is 0 Å². The highest BCUT2D eigenvalue weighted by Gasteiger charge is 2.53. The van der Waals surface area contributed by atoms with Gasteiger partial charge in [0.05, 0.1) is 22.1 Å². The number of aromatic nitrogens is 1. The molecule has 1 heterocycles. The molecule has 138 valence electrons. The molecule has 3 aliphatic carbocycles. The van der Waals surface area contributed by atoms with Crippen molar-refractivity contribution < 1.29 is 17.9 Å². The van der Waals surface area contributed by atoms with Gasteiger partial charge in [-0.25, -0.2) is 13.2 Å². The molecule has 0 saturated heterocycles. The van der Waals surface area contributed by atoms with Crippen LogP contribution in [0.5, 0.6) is 0 Å². The van der Waals surface area contributed by atoms with Gasteiger partial charge in [0.25, 0.3) is 0 Å². The van der Waals surface area contributed by atoms with Gasteiger partial charge < -0.3 is 9.72 Å². The summed E-state index contributed by atoms with van der Waals surface area (Å²) in [6.45, 7) is 2.04. The van der Waals surface area contributed by atoms with Gasteiger partial charge in [-0.2, -0.15) is 0 Å². The number of carbonyl (C=O) groups excluding carboxylic acids is 1. The number of H-pyrrole nitrogens is 1. The van der Waals surface area contributed by atoms with E-state index in [1.165, 1.54) is 0 Å². The fourth-order valence-corrected chi connectivity index (χ4v) is 7.38. The van der Waals surface area contributed by atoms with Crippen molar-refractivity contribution in [3.05, 3.63) is 53.3 Å². The maximum atomic E-state index is 13.3. The van der Waals surface area contributed by atoms with Crippen molar-refractivity contribution in [2.24, 2.45) is 0 Å². The van der Waals surface area contributed by atoms with Crippen LogP contribution in [-0.2, 0) is 14.6 Å². The van der Waals surface area contributed by atoms with Crippen molar-refractivity contribution in [3.63, 3.8) is 0 Å². The van der Waals surface area contributed by atoms with E-state index in [-0.39, 0.29) is 18.4 Å². The van der Waals surface area contributed by atoms with Crippen LogP contribution in [0, 0.1) is 0 Å². The first-order chi connectivity index (χ1) is 12.5. The molecule has 1 N–H and O–H groups in total. The van der Waals surface area contributed by atoms with E-state index < -0.39 is 26.4 Å². The minimum atomic E-state index is -3.57. The Labute approximate surface area is 157 Å². The molecule has 1 saturated carbocycles. The molecule has 7 heteroatoms. The van der Waals surface area contributed by atoms with Crippen LogP contribution in [0.4, 0.5) is 0 Å². The zero-order valence-corrected chi connectivity index (χ0v) is 15.9. The van der Waals surface area contributed by atoms with Crippen LogP contribution >= 0.6 is 11.6 Å². The summed E-state index contributed by atoms with van der Waals surface area (Å²) in [5, 5.41) is -1.26. The molecule has 0 unspecified atom stereocenters. The third kappa shape index (κ3) is 2.50. The number of aromatic amines is 1. The summed E-state index contributed by atoms with van der Waals surface area (Å²) in [5.41, 5.74) is 2.16. The summed E-state index contributed by atoms with van der Waals surface area (Å²) in [5.74, 6) is -0.805. The first-order valence-corrected chi connectivity index (χ1v) is 10.8. The summed E-state index contributed by atoms with van der Waals surface area (Å²) in [7, 11) is -3.57. The molecule has 0 amide bonds. The lowest BCUT2D eigenvalue weighted by Crippen LogP contribution is -2.47. The van der Waals surface area contributed by atoms with Crippen LogP contribution in [-0.4, -0.2) is 36.6 Å². The average Bonchev–Trinajstić information content (AvgIpc) is 3.09. The molecular formula is C19H20ClNO4S. The Hall–Kier alpha value is -1.79. The highest BCUT2D eigenvalue weighted by Crippen LogP contribution is 2.55. The van der Waals surface area contributed by atoms with E-state index in [1.807, 2.05) is 0 Å².